The van der Waals surface area contributed by atoms with Gasteiger partial charge in [0, 0.05) is 12.6 Å². The van der Waals surface area contributed by atoms with Crippen LogP contribution in [0.4, 0.5) is 0 Å². The maximum Gasteiger partial charge on any atom is 0.242 e. The van der Waals surface area contributed by atoms with Gasteiger partial charge >= 0.3 is 0 Å². The highest BCUT2D eigenvalue weighted by atomic mass is 16.2. The number of hydrogen-bond donors (Lipinski definition) is 0. The molecule has 1 aliphatic heterocycles. The fourth-order valence-corrected chi connectivity index (χ4v) is 2.18. The highest BCUT2D eigenvalue weighted by molar-refractivity contribution is 5.85. The Hall–Kier alpha value is -1.04. The van der Waals surface area contributed by atoms with Gasteiger partial charge in [-0.05, 0) is 32.6 Å². The van der Waals surface area contributed by atoms with Crippen molar-refractivity contribution in [3.63, 3.8) is 0 Å². The summed E-state index contributed by atoms with van der Waals surface area (Å²) in [6.07, 6.45) is 1.64. The minimum atomic E-state index is -0.835. The van der Waals surface area contributed by atoms with Crippen LogP contribution in [0.3, 0.4) is 0 Å². The van der Waals surface area contributed by atoms with E-state index in [2.05, 4.69) is 19.9 Å². The van der Waals surface area contributed by atoms with Crippen LogP contribution in [0, 0.1) is 22.7 Å². The first-order valence-electron chi connectivity index (χ1n) is 5.67. The third-order valence-corrected chi connectivity index (χ3v) is 3.47. The molecule has 1 heterocycles. The maximum absolute atomic E-state index is 12.2. The first-order valence-corrected chi connectivity index (χ1v) is 5.67. The van der Waals surface area contributed by atoms with Crippen molar-refractivity contribution < 1.29 is 4.79 Å². The number of carbonyl (C=O) groups excluding carboxylic acids is 1. The molecule has 0 bridgehead atoms. The SMILES string of the molecule is CCC(C)(C#N)C(=O)N1CC(C)CC1C. The van der Waals surface area contributed by atoms with Gasteiger partial charge in [0.15, 0.2) is 0 Å². The van der Waals surface area contributed by atoms with Gasteiger partial charge in [0.25, 0.3) is 0 Å². The van der Waals surface area contributed by atoms with Crippen molar-refractivity contribution in [1.29, 1.82) is 5.26 Å². The normalized spacial score (nSPS) is 29.7. The lowest BCUT2D eigenvalue weighted by molar-refractivity contribution is -0.139. The van der Waals surface area contributed by atoms with Crippen molar-refractivity contribution in [3.05, 3.63) is 0 Å². The summed E-state index contributed by atoms with van der Waals surface area (Å²) >= 11 is 0. The molecule has 3 atom stereocenters. The molecule has 0 aromatic heterocycles. The van der Waals surface area contributed by atoms with Crippen molar-refractivity contribution in [3.8, 4) is 6.07 Å². The van der Waals surface area contributed by atoms with E-state index in [0.717, 1.165) is 13.0 Å². The molecule has 0 aromatic rings. The number of nitriles is 1. The second kappa shape index (κ2) is 4.22. The largest absolute Gasteiger partial charge is 0.338 e. The van der Waals surface area contributed by atoms with Crippen LogP contribution in [0.2, 0.25) is 0 Å². The maximum atomic E-state index is 12.2. The Labute approximate surface area is 92.1 Å². The fraction of sp³-hybridized carbons (Fsp3) is 0.833. The molecule has 0 aliphatic carbocycles. The Bertz CT molecular complexity index is 294. The lowest BCUT2D eigenvalue weighted by Gasteiger charge is -2.29. The second-order valence-corrected chi connectivity index (χ2v) is 4.94. The molecule has 1 aliphatic rings. The van der Waals surface area contributed by atoms with Crippen LogP contribution in [0.15, 0.2) is 0 Å². The van der Waals surface area contributed by atoms with Crippen molar-refractivity contribution in [2.24, 2.45) is 11.3 Å². The minimum absolute atomic E-state index is 0.00403. The average Bonchev–Trinajstić information content (AvgIpc) is 2.55. The van der Waals surface area contributed by atoms with E-state index >= 15 is 0 Å². The molecule has 3 unspecified atom stereocenters. The van der Waals surface area contributed by atoms with Crippen LogP contribution in [0.5, 0.6) is 0 Å². The van der Waals surface area contributed by atoms with Gasteiger partial charge in [0.1, 0.15) is 5.41 Å². The molecule has 3 nitrogen and oxygen atoms in total. The van der Waals surface area contributed by atoms with E-state index in [1.54, 1.807) is 6.92 Å². The third kappa shape index (κ3) is 2.14. The molecule has 15 heavy (non-hydrogen) atoms. The Kier molecular flexibility index (Phi) is 3.38. The van der Waals surface area contributed by atoms with E-state index in [4.69, 9.17) is 5.26 Å². The smallest absolute Gasteiger partial charge is 0.242 e. The molecule has 0 spiro atoms. The molecular formula is C12H20N2O. The Morgan fingerprint density at radius 3 is 2.53 bits per heavy atom. The van der Waals surface area contributed by atoms with E-state index in [1.807, 2.05) is 11.8 Å². The van der Waals surface area contributed by atoms with E-state index < -0.39 is 5.41 Å². The standard InChI is InChI=1S/C12H20N2O/c1-5-12(4,8-13)11(15)14-7-9(2)6-10(14)3/h9-10H,5-7H2,1-4H3. The van der Waals surface area contributed by atoms with Crippen LogP contribution < -0.4 is 0 Å². The van der Waals surface area contributed by atoms with Crippen LogP contribution in [0.1, 0.15) is 40.5 Å². The van der Waals surface area contributed by atoms with E-state index in [-0.39, 0.29) is 11.9 Å². The molecule has 1 saturated heterocycles. The summed E-state index contributed by atoms with van der Waals surface area (Å²) in [4.78, 5) is 14.1. The highest BCUT2D eigenvalue weighted by Gasteiger charge is 2.40. The molecule has 0 aromatic carbocycles. The van der Waals surface area contributed by atoms with Crippen LogP contribution in [-0.4, -0.2) is 23.4 Å². The van der Waals surface area contributed by atoms with Gasteiger partial charge < -0.3 is 4.90 Å². The molecule has 0 saturated carbocycles. The second-order valence-electron chi connectivity index (χ2n) is 4.94. The number of carbonyl (C=O) groups is 1. The quantitative estimate of drug-likeness (QED) is 0.698. The zero-order valence-corrected chi connectivity index (χ0v) is 10.1. The van der Waals surface area contributed by atoms with Gasteiger partial charge in [0.05, 0.1) is 6.07 Å². The number of rotatable bonds is 2. The van der Waals surface area contributed by atoms with E-state index in [0.29, 0.717) is 12.3 Å². The molecule has 0 N–H and O–H groups in total. The van der Waals surface area contributed by atoms with Crippen molar-refractivity contribution in [2.45, 2.75) is 46.6 Å². The fourth-order valence-electron chi connectivity index (χ4n) is 2.18. The van der Waals surface area contributed by atoms with Gasteiger partial charge in [-0.1, -0.05) is 13.8 Å². The van der Waals surface area contributed by atoms with Crippen molar-refractivity contribution >= 4 is 5.91 Å². The Morgan fingerprint density at radius 2 is 2.20 bits per heavy atom. The zero-order valence-electron chi connectivity index (χ0n) is 10.1. The summed E-state index contributed by atoms with van der Waals surface area (Å²) in [6, 6.07) is 2.43. The van der Waals surface area contributed by atoms with Gasteiger partial charge in [0.2, 0.25) is 5.91 Å². The predicted octanol–water partition coefficient (Wildman–Crippen LogP) is 2.18. The van der Waals surface area contributed by atoms with E-state index in [9.17, 15) is 4.79 Å². The van der Waals surface area contributed by atoms with Crippen LogP contribution in [-0.2, 0) is 4.79 Å². The number of nitrogens with zero attached hydrogens (tertiary/aromatic N) is 2. The lowest BCUT2D eigenvalue weighted by atomic mass is 9.87. The average molecular weight is 208 g/mol. The Balaban J connectivity index is 2.82. The van der Waals surface area contributed by atoms with Gasteiger partial charge in [-0.2, -0.15) is 5.26 Å². The minimum Gasteiger partial charge on any atom is -0.338 e. The summed E-state index contributed by atoms with van der Waals surface area (Å²) in [5, 5.41) is 9.07. The topological polar surface area (TPSA) is 44.1 Å². The van der Waals surface area contributed by atoms with Gasteiger partial charge in [-0.15, -0.1) is 0 Å². The molecule has 1 rings (SSSR count). The summed E-state index contributed by atoms with van der Waals surface area (Å²) < 4.78 is 0. The zero-order chi connectivity index (χ0) is 11.6. The molecule has 1 fully saturated rings. The number of likely N-dealkylation sites (tertiary alicyclic amines) is 1. The molecule has 1 amide bonds. The Morgan fingerprint density at radius 1 is 1.60 bits per heavy atom. The predicted molar refractivity (Wildman–Crippen MR) is 59.0 cm³/mol. The molecular weight excluding hydrogens is 188 g/mol. The van der Waals surface area contributed by atoms with E-state index in [1.165, 1.54) is 0 Å². The van der Waals surface area contributed by atoms with Crippen molar-refractivity contribution in [2.75, 3.05) is 6.54 Å². The summed E-state index contributed by atoms with van der Waals surface area (Å²) in [6.45, 7) is 8.65. The first kappa shape index (κ1) is 12.0. The summed E-state index contributed by atoms with van der Waals surface area (Å²) in [5.74, 6) is 0.563. The van der Waals surface area contributed by atoms with Crippen LogP contribution >= 0.6 is 0 Å². The first-order chi connectivity index (χ1) is 6.94. The molecule has 3 heteroatoms. The monoisotopic (exact) mass is 208 g/mol. The highest BCUT2D eigenvalue weighted by Crippen LogP contribution is 2.30. The van der Waals surface area contributed by atoms with Gasteiger partial charge in [-0.25, -0.2) is 0 Å². The van der Waals surface area contributed by atoms with Crippen molar-refractivity contribution in [1.82, 2.24) is 4.90 Å². The third-order valence-electron chi connectivity index (χ3n) is 3.47. The number of hydrogen-bond acceptors (Lipinski definition) is 2. The molecule has 84 valence electrons. The number of amides is 1. The summed E-state index contributed by atoms with van der Waals surface area (Å²) in [7, 11) is 0. The lowest BCUT2D eigenvalue weighted by Crippen LogP contribution is -2.43. The summed E-state index contributed by atoms with van der Waals surface area (Å²) in [5.41, 5.74) is -0.835. The van der Waals surface area contributed by atoms with Gasteiger partial charge in [-0.3, -0.25) is 4.79 Å². The van der Waals surface area contributed by atoms with Crippen LogP contribution in [0.25, 0.3) is 0 Å². The molecule has 0 radical (unpaired) electrons.